The molecule has 0 saturated carbocycles. The summed E-state index contributed by atoms with van der Waals surface area (Å²) in [5, 5.41) is 5.18. The van der Waals surface area contributed by atoms with E-state index in [0.717, 1.165) is 12.8 Å². The maximum Gasteiger partial charge on any atom is 0.0541 e. The third-order valence-electron chi connectivity index (χ3n) is 11.8. The second-order valence-corrected chi connectivity index (χ2v) is 14.5. The highest BCUT2D eigenvalue weighted by Gasteiger charge is 2.33. The van der Waals surface area contributed by atoms with Crippen LogP contribution in [0.5, 0.6) is 0 Å². The minimum Gasteiger partial charge on any atom is -0.309 e. The van der Waals surface area contributed by atoms with E-state index < -0.39 is 0 Å². The second kappa shape index (κ2) is 11.6. The zero-order chi connectivity index (χ0) is 34.2. The van der Waals surface area contributed by atoms with Gasteiger partial charge in [0.1, 0.15) is 0 Å². The Morgan fingerprint density at radius 1 is 0.423 bits per heavy atom. The molecule has 7 aromatic carbocycles. The van der Waals surface area contributed by atoms with Crippen LogP contribution in [0, 0.1) is 11.8 Å². The molecule has 2 heteroatoms. The normalized spacial score (nSPS) is 16.7. The monoisotopic (exact) mass is 664 g/mol. The van der Waals surface area contributed by atoms with Crippen molar-refractivity contribution in [1.29, 1.82) is 0 Å². The van der Waals surface area contributed by atoms with Gasteiger partial charge in [0.15, 0.2) is 0 Å². The molecule has 11 rings (SSSR count). The third-order valence-corrected chi connectivity index (χ3v) is 11.8. The van der Waals surface area contributed by atoms with Crippen LogP contribution in [0.15, 0.2) is 182 Å². The third kappa shape index (κ3) is 4.44. The number of benzene rings is 7. The van der Waals surface area contributed by atoms with Gasteiger partial charge < -0.3 is 9.13 Å². The Bertz CT molecular complexity index is 2790. The van der Waals surface area contributed by atoms with E-state index in [9.17, 15) is 0 Å². The molecule has 0 fully saturated rings. The summed E-state index contributed by atoms with van der Waals surface area (Å²) in [5.74, 6) is 0.937. The van der Waals surface area contributed by atoms with Crippen LogP contribution in [0.2, 0.25) is 0 Å². The molecule has 0 amide bonds. The average molecular weight is 665 g/mol. The number of fused-ring (bicyclic) bond motifs is 8. The zero-order valence-electron chi connectivity index (χ0n) is 28.8. The lowest BCUT2D eigenvalue weighted by Crippen LogP contribution is -2.27. The minimum absolute atomic E-state index is 0.463. The summed E-state index contributed by atoms with van der Waals surface area (Å²) in [6.45, 7) is 0. The predicted octanol–water partition coefficient (Wildman–Crippen LogP) is 12.5. The van der Waals surface area contributed by atoms with Gasteiger partial charge in [-0.25, -0.2) is 0 Å². The Hall–Kier alpha value is -6.38. The van der Waals surface area contributed by atoms with E-state index >= 15 is 0 Å². The largest absolute Gasteiger partial charge is 0.309 e. The number of hydrogen-bond donors (Lipinski definition) is 0. The van der Waals surface area contributed by atoms with Gasteiger partial charge in [-0.05, 0) is 107 Å². The van der Waals surface area contributed by atoms with Crippen LogP contribution in [0.4, 0.5) is 0 Å². The van der Waals surface area contributed by atoms with Crippen molar-refractivity contribution < 1.29 is 0 Å². The number of allylic oxidation sites excluding steroid dienone is 4. The van der Waals surface area contributed by atoms with Crippen LogP contribution in [0.3, 0.4) is 0 Å². The molecule has 246 valence electrons. The van der Waals surface area contributed by atoms with Crippen molar-refractivity contribution in [3.05, 3.63) is 199 Å². The molecule has 9 aromatic rings. The number of aromatic nitrogens is 2. The molecule has 0 spiro atoms. The molecule has 0 N–H and O–H groups in total. The first-order valence-corrected chi connectivity index (χ1v) is 18.5. The maximum atomic E-state index is 2.45. The van der Waals surface area contributed by atoms with E-state index in [2.05, 4.69) is 191 Å². The first kappa shape index (κ1) is 29.4. The molecular formula is C50H36N2. The van der Waals surface area contributed by atoms with E-state index in [1.807, 2.05) is 0 Å². The molecule has 2 atom stereocenters. The molecule has 2 aliphatic rings. The highest BCUT2D eigenvalue weighted by atomic mass is 15.0. The molecule has 2 aromatic heterocycles. The summed E-state index contributed by atoms with van der Waals surface area (Å²) in [6, 6.07) is 60.4. The van der Waals surface area contributed by atoms with Gasteiger partial charge in [0.2, 0.25) is 0 Å². The van der Waals surface area contributed by atoms with Gasteiger partial charge >= 0.3 is 0 Å². The van der Waals surface area contributed by atoms with Crippen LogP contribution in [-0.2, 0) is 12.8 Å². The first-order chi connectivity index (χ1) is 25.8. The topological polar surface area (TPSA) is 9.86 Å². The Labute approximate surface area is 303 Å². The van der Waals surface area contributed by atoms with E-state index in [1.54, 1.807) is 0 Å². The lowest BCUT2D eigenvalue weighted by Gasteiger charge is -2.36. The van der Waals surface area contributed by atoms with Crippen molar-refractivity contribution in [2.45, 2.75) is 12.8 Å². The molecule has 52 heavy (non-hydrogen) atoms. The summed E-state index contributed by atoms with van der Waals surface area (Å²) in [5.41, 5.74) is 15.8. The highest BCUT2D eigenvalue weighted by molar-refractivity contribution is 6.10. The van der Waals surface area contributed by atoms with Gasteiger partial charge in [-0.3, -0.25) is 0 Å². The van der Waals surface area contributed by atoms with Gasteiger partial charge in [0, 0.05) is 32.9 Å². The molecule has 0 saturated heterocycles. The molecular weight excluding hydrogens is 629 g/mol. The standard InChI is InChI=1S/C50H36N2/c1-5-19-47-41(13-1)42-14-2-6-20-48(42)51(47)37-27-23-33(24-28-37)39-17-9-11-35-32-46-36(31-45(35)39)12-10-18-40(46)34-25-29-38(30-26-34)52-49-21-7-3-15-43(49)44-16-4-8-22-50(44)52/h1-30,35,45H,31-32H2. The number of nitrogens with zero attached hydrogens (tertiary/aromatic N) is 2. The number of para-hydroxylation sites is 4. The minimum atomic E-state index is 0.463. The van der Waals surface area contributed by atoms with Crippen molar-refractivity contribution in [1.82, 2.24) is 9.13 Å². The summed E-state index contributed by atoms with van der Waals surface area (Å²) in [7, 11) is 0. The average Bonchev–Trinajstić information content (AvgIpc) is 3.73. The van der Waals surface area contributed by atoms with Gasteiger partial charge in [0.05, 0.1) is 22.1 Å². The lowest BCUT2D eigenvalue weighted by molar-refractivity contribution is 0.451. The Morgan fingerprint density at radius 3 is 1.42 bits per heavy atom. The predicted molar refractivity (Wildman–Crippen MR) is 219 cm³/mol. The van der Waals surface area contributed by atoms with Crippen LogP contribution >= 0.6 is 0 Å². The van der Waals surface area contributed by atoms with E-state index in [1.165, 1.54) is 88.4 Å². The van der Waals surface area contributed by atoms with Gasteiger partial charge in [0.25, 0.3) is 0 Å². The van der Waals surface area contributed by atoms with Gasteiger partial charge in [-0.15, -0.1) is 0 Å². The van der Waals surface area contributed by atoms with E-state index in [0.29, 0.717) is 11.8 Å². The SMILES string of the molecule is C1=CC2Cc3c(cccc3-c3ccc(-n4c5ccccc5c5ccccc54)cc3)CC2C(c2ccc(-n3c4ccccc4c4ccccc43)cc2)=C1. The van der Waals surface area contributed by atoms with E-state index in [-0.39, 0.29) is 0 Å². The number of hydrogen-bond acceptors (Lipinski definition) is 0. The van der Waals surface area contributed by atoms with Crippen molar-refractivity contribution >= 4 is 49.2 Å². The molecule has 2 nitrogen and oxygen atoms in total. The van der Waals surface area contributed by atoms with E-state index in [4.69, 9.17) is 0 Å². The fourth-order valence-corrected chi connectivity index (χ4v) is 9.38. The Kier molecular flexibility index (Phi) is 6.54. The van der Waals surface area contributed by atoms with Gasteiger partial charge in [-0.2, -0.15) is 0 Å². The highest BCUT2D eigenvalue weighted by Crippen LogP contribution is 2.45. The Morgan fingerprint density at radius 2 is 0.904 bits per heavy atom. The number of rotatable bonds is 4. The smallest absolute Gasteiger partial charge is 0.0541 e. The zero-order valence-corrected chi connectivity index (χ0v) is 28.8. The summed E-state index contributed by atoms with van der Waals surface area (Å²) < 4.78 is 4.80. The summed E-state index contributed by atoms with van der Waals surface area (Å²) in [6.07, 6.45) is 9.21. The van der Waals surface area contributed by atoms with Crippen molar-refractivity contribution in [2.24, 2.45) is 11.8 Å². The van der Waals surface area contributed by atoms with Crippen LogP contribution in [0.1, 0.15) is 16.7 Å². The van der Waals surface area contributed by atoms with Crippen molar-refractivity contribution in [3.63, 3.8) is 0 Å². The van der Waals surface area contributed by atoms with Crippen LogP contribution < -0.4 is 0 Å². The fraction of sp³-hybridized carbons (Fsp3) is 0.0800. The summed E-state index contributed by atoms with van der Waals surface area (Å²) in [4.78, 5) is 0. The molecule has 0 radical (unpaired) electrons. The second-order valence-electron chi connectivity index (χ2n) is 14.5. The molecule has 0 bridgehead atoms. The van der Waals surface area contributed by atoms with Gasteiger partial charge in [-0.1, -0.05) is 133 Å². The molecule has 0 aliphatic heterocycles. The Balaban J connectivity index is 0.910. The fourth-order valence-electron chi connectivity index (χ4n) is 9.38. The quantitative estimate of drug-likeness (QED) is 0.177. The molecule has 2 unspecified atom stereocenters. The summed E-state index contributed by atoms with van der Waals surface area (Å²) >= 11 is 0. The van der Waals surface area contributed by atoms with Crippen molar-refractivity contribution in [3.8, 4) is 22.5 Å². The first-order valence-electron chi connectivity index (χ1n) is 18.5. The maximum absolute atomic E-state index is 2.45. The van der Waals surface area contributed by atoms with Crippen LogP contribution in [-0.4, -0.2) is 9.13 Å². The lowest BCUT2D eigenvalue weighted by atomic mass is 9.68. The van der Waals surface area contributed by atoms with Crippen molar-refractivity contribution in [2.75, 3.05) is 0 Å². The molecule has 2 heterocycles. The van der Waals surface area contributed by atoms with Crippen LogP contribution in [0.25, 0.3) is 71.7 Å². The molecule has 2 aliphatic carbocycles.